The zero-order chi connectivity index (χ0) is 21.1. The molecule has 166 valence electrons. The maximum Gasteiger partial charge on any atom is 0.302 e. The van der Waals surface area contributed by atoms with Gasteiger partial charge in [0, 0.05) is 23.7 Å². The molecule has 0 amide bonds. The quantitative estimate of drug-likeness (QED) is 0.547. The van der Waals surface area contributed by atoms with Gasteiger partial charge >= 0.3 is 5.97 Å². The van der Waals surface area contributed by atoms with Crippen molar-refractivity contribution in [2.45, 2.75) is 84.2 Å². The van der Waals surface area contributed by atoms with E-state index in [1.54, 1.807) is 0 Å². The topological polar surface area (TPSA) is 65.0 Å². The third-order valence-electron chi connectivity index (χ3n) is 10.9. The molecule has 1 heterocycles. The molecule has 1 saturated heterocycles. The summed E-state index contributed by atoms with van der Waals surface area (Å²) in [5, 5.41) is 11.4. The summed E-state index contributed by atoms with van der Waals surface area (Å²) < 4.78 is 18.3. The first-order chi connectivity index (χ1) is 14.2. The lowest BCUT2D eigenvalue weighted by Crippen LogP contribution is -2.60. The van der Waals surface area contributed by atoms with Crippen molar-refractivity contribution in [3.05, 3.63) is 11.6 Å². The highest BCUT2D eigenvalue weighted by Gasteiger charge is 2.78. The van der Waals surface area contributed by atoms with Gasteiger partial charge in [0.25, 0.3) is 0 Å². The van der Waals surface area contributed by atoms with Gasteiger partial charge in [-0.1, -0.05) is 25.5 Å². The lowest BCUT2D eigenvalue weighted by molar-refractivity contribution is -0.228. The standard InChI is InChI=1S/C25H36O5/c1-14(26)30-21-12-18-16(11-20(27)25-13-15(25)7-8-22(18,25)2)17-5-6-19(23(17,21)3)24(4)28-9-10-29-24/h5,15-16,18-21,27H,6-13H2,1-4H3/t15-,16?,18?,19?,20+,21+,22+,23-,25?/m0/s1. The summed E-state index contributed by atoms with van der Waals surface area (Å²) in [5.41, 5.74) is 1.34. The van der Waals surface area contributed by atoms with Crippen LogP contribution in [0.4, 0.5) is 0 Å². The second-order valence-corrected chi connectivity index (χ2v) is 11.6. The summed E-state index contributed by atoms with van der Waals surface area (Å²) in [7, 11) is 0. The van der Waals surface area contributed by atoms with Crippen LogP contribution in [-0.2, 0) is 19.0 Å². The van der Waals surface area contributed by atoms with Crippen molar-refractivity contribution in [3.8, 4) is 0 Å². The third-order valence-corrected chi connectivity index (χ3v) is 10.9. The number of ether oxygens (including phenoxy) is 3. The van der Waals surface area contributed by atoms with E-state index < -0.39 is 5.79 Å². The molecular formula is C25H36O5. The van der Waals surface area contributed by atoms with Gasteiger partial charge in [-0.15, -0.1) is 0 Å². The highest BCUT2D eigenvalue weighted by molar-refractivity contribution is 5.66. The van der Waals surface area contributed by atoms with Gasteiger partial charge in [-0.05, 0) is 68.6 Å². The number of hydrogen-bond acceptors (Lipinski definition) is 5. The predicted octanol–water partition coefficient (Wildman–Crippen LogP) is 3.84. The fourth-order valence-electron chi connectivity index (χ4n) is 9.47. The van der Waals surface area contributed by atoms with Crippen LogP contribution in [-0.4, -0.2) is 42.3 Å². The van der Waals surface area contributed by atoms with Crippen molar-refractivity contribution in [1.82, 2.24) is 0 Å². The largest absolute Gasteiger partial charge is 0.462 e. The Bertz CT molecular complexity index is 814. The number of allylic oxidation sites excluding steroid dienone is 1. The van der Waals surface area contributed by atoms with E-state index in [1.165, 1.54) is 31.8 Å². The maximum atomic E-state index is 12.2. The zero-order valence-corrected chi connectivity index (χ0v) is 18.8. The molecule has 1 aliphatic heterocycles. The SMILES string of the molecule is CC(=O)O[C@@H]1CC2C(C[C@@H](O)C34C[C@@H]3CC[C@]24C)C2=CCC(C3(C)OCCO3)[C@]21C. The van der Waals surface area contributed by atoms with Gasteiger partial charge in [0.05, 0.1) is 19.3 Å². The Labute approximate surface area is 179 Å². The predicted molar refractivity (Wildman–Crippen MR) is 110 cm³/mol. The molecule has 6 aliphatic rings. The van der Waals surface area contributed by atoms with E-state index in [4.69, 9.17) is 14.2 Å². The van der Waals surface area contributed by atoms with Crippen LogP contribution in [0.25, 0.3) is 0 Å². The van der Waals surface area contributed by atoms with Gasteiger partial charge in [-0.25, -0.2) is 0 Å². The average molecular weight is 417 g/mol. The molecule has 0 radical (unpaired) electrons. The van der Waals surface area contributed by atoms with Crippen molar-refractivity contribution < 1.29 is 24.1 Å². The smallest absolute Gasteiger partial charge is 0.302 e. The minimum atomic E-state index is -0.647. The second kappa shape index (κ2) is 5.90. The minimum absolute atomic E-state index is 0.116. The Morgan fingerprint density at radius 2 is 1.93 bits per heavy atom. The van der Waals surface area contributed by atoms with Crippen molar-refractivity contribution in [1.29, 1.82) is 0 Å². The zero-order valence-electron chi connectivity index (χ0n) is 18.8. The van der Waals surface area contributed by atoms with Gasteiger partial charge in [-0.3, -0.25) is 4.79 Å². The number of rotatable bonds is 2. The molecule has 0 bridgehead atoms. The molecule has 5 heteroatoms. The van der Waals surface area contributed by atoms with Gasteiger partial charge in [0.15, 0.2) is 5.79 Å². The monoisotopic (exact) mass is 416 g/mol. The van der Waals surface area contributed by atoms with E-state index in [9.17, 15) is 9.90 Å². The van der Waals surface area contributed by atoms with Crippen LogP contribution in [0.1, 0.15) is 66.2 Å². The second-order valence-electron chi connectivity index (χ2n) is 11.6. The molecule has 0 aromatic rings. The highest BCUT2D eigenvalue weighted by Crippen LogP contribution is 2.81. The molecule has 5 aliphatic carbocycles. The van der Waals surface area contributed by atoms with E-state index in [-0.39, 0.29) is 40.3 Å². The Kier molecular flexibility index (Phi) is 3.89. The van der Waals surface area contributed by atoms with Crippen LogP contribution in [0, 0.1) is 39.9 Å². The molecule has 5 fully saturated rings. The summed E-state index contributed by atoms with van der Waals surface area (Å²) in [6, 6.07) is 0. The number of aliphatic hydroxyl groups excluding tert-OH is 1. The molecule has 9 atom stereocenters. The third kappa shape index (κ3) is 2.13. The summed E-state index contributed by atoms with van der Waals surface area (Å²) in [6.07, 6.45) is 8.27. The Balaban J connectivity index is 1.43. The molecule has 1 N–H and O–H groups in total. The minimum Gasteiger partial charge on any atom is -0.462 e. The van der Waals surface area contributed by atoms with Crippen molar-refractivity contribution in [3.63, 3.8) is 0 Å². The number of esters is 1. The first-order valence-corrected chi connectivity index (χ1v) is 12.0. The normalized spacial score (nSPS) is 55.2. The first-order valence-electron chi connectivity index (χ1n) is 12.0. The fraction of sp³-hybridized carbons (Fsp3) is 0.880. The highest BCUT2D eigenvalue weighted by atomic mass is 16.7. The molecule has 4 unspecified atom stereocenters. The first kappa shape index (κ1) is 19.8. The van der Waals surface area contributed by atoms with E-state index in [0.717, 1.165) is 19.3 Å². The molecule has 5 nitrogen and oxygen atoms in total. The Morgan fingerprint density at radius 3 is 2.60 bits per heavy atom. The summed E-state index contributed by atoms with van der Waals surface area (Å²) in [4.78, 5) is 12.2. The molecule has 1 spiro atoms. The molecular weight excluding hydrogens is 380 g/mol. The summed E-state index contributed by atoms with van der Waals surface area (Å²) >= 11 is 0. The van der Waals surface area contributed by atoms with E-state index >= 15 is 0 Å². The lowest BCUT2D eigenvalue weighted by Gasteiger charge is -2.61. The number of carbonyl (C=O) groups is 1. The number of aliphatic hydroxyl groups is 1. The fourth-order valence-corrected chi connectivity index (χ4v) is 9.47. The molecule has 4 saturated carbocycles. The van der Waals surface area contributed by atoms with Crippen LogP contribution in [0.2, 0.25) is 0 Å². The maximum absolute atomic E-state index is 12.2. The van der Waals surface area contributed by atoms with Crippen LogP contribution < -0.4 is 0 Å². The van der Waals surface area contributed by atoms with Crippen molar-refractivity contribution in [2.75, 3.05) is 13.2 Å². The number of hydrogen-bond donors (Lipinski definition) is 1. The van der Waals surface area contributed by atoms with E-state index in [0.29, 0.717) is 31.0 Å². The Hall–Kier alpha value is -0.910. The Morgan fingerprint density at radius 1 is 1.20 bits per heavy atom. The van der Waals surface area contributed by atoms with Crippen molar-refractivity contribution in [2.24, 2.45) is 39.9 Å². The molecule has 0 aromatic heterocycles. The molecule has 0 aromatic carbocycles. The summed E-state index contributed by atoms with van der Waals surface area (Å²) in [5.74, 6) is 0.797. The van der Waals surface area contributed by atoms with Crippen LogP contribution in [0.5, 0.6) is 0 Å². The van der Waals surface area contributed by atoms with Crippen LogP contribution in [0.3, 0.4) is 0 Å². The molecule has 30 heavy (non-hydrogen) atoms. The average Bonchev–Trinajstić information content (AvgIpc) is 2.93. The number of fused-ring (bicyclic) bond motifs is 4. The van der Waals surface area contributed by atoms with Crippen LogP contribution in [0.15, 0.2) is 11.6 Å². The van der Waals surface area contributed by atoms with E-state index in [1.807, 2.05) is 0 Å². The van der Waals surface area contributed by atoms with Gasteiger partial charge < -0.3 is 19.3 Å². The van der Waals surface area contributed by atoms with Gasteiger partial charge in [0.2, 0.25) is 0 Å². The van der Waals surface area contributed by atoms with Crippen LogP contribution >= 0.6 is 0 Å². The van der Waals surface area contributed by atoms with E-state index in [2.05, 4.69) is 26.8 Å². The lowest BCUT2D eigenvalue weighted by atomic mass is 9.46. The van der Waals surface area contributed by atoms with Gasteiger partial charge in [-0.2, -0.15) is 0 Å². The summed E-state index contributed by atoms with van der Waals surface area (Å²) in [6.45, 7) is 9.52. The van der Waals surface area contributed by atoms with Gasteiger partial charge in [0.1, 0.15) is 6.10 Å². The van der Waals surface area contributed by atoms with Crippen molar-refractivity contribution >= 4 is 5.97 Å². The molecule has 6 rings (SSSR count). The number of carbonyl (C=O) groups excluding carboxylic acids is 1.